The first-order valence-electron chi connectivity index (χ1n) is 5.91. The smallest absolute Gasteiger partial charge is 0.238 e. The number of amides is 1. The molecule has 1 saturated heterocycles. The van der Waals surface area contributed by atoms with Gasteiger partial charge in [0.1, 0.15) is 0 Å². The Labute approximate surface area is 101 Å². The molecular formula is C13H18N2O2. The minimum Gasteiger partial charge on any atom is -0.387 e. The van der Waals surface area contributed by atoms with Crippen LogP contribution < -0.4 is 5.32 Å². The summed E-state index contributed by atoms with van der Waals surface area (Å²) in [6.07, 6.45) is 0.740. The van der Waals surface area contributed by atoms with Gasteiger partial charge < -0.3 is 10.4 Å². The number of carbonyl (C=O) groups excluding carboxylic acids is 1. The van der Waals surface area contributed by atoms with Gasteiger partial charge in [0.25, 0.3) is 0 Å². The molecular weight excluding hydrogens is 216 g/mol. The lowest BCUT2D eigenvalue weighted by atomic mass is 9.91. The van der Waals surface area contributed by atoms with Crippen LogP contribution in [0, 0.1) is 0 Å². The van der Waals surface area contributed by atoms with E-state index in [4.69, 9.17) is 0 Å². The van der Waals surface area contributed by atoms with E-state index in [2.05, 4.69) is 5.32 Å². The first kappa shape index (κ1) is 12.1. The van der Waals surface area contributed by atoms with Crippen LogP contribution in [0.15, 0.2) is 30.3 Å². The molecule has 0 unspecified atom stereocenters. The molecule has 0 bridgehead atoms. The van der Waals surface area contributed by atoms with E-state index in [9.17, 15) is 9.90 Å². The van der Waals surface area contributed by atoms with Crippen molar-refractivity contribution in [1.82, 2.24) is 4.90 Å². The Balaban J connectivity index is 1.76. The van der Waals surface area contributed by atoms with Crippen molar-refractivity contribution in [2.24, 2.45) is 0 Å². The van der Waals surface area contributed by atoms with E-state index in [1.807, 2.05) is 42.2 Å². The van der Waals surface area contributed by atoms with E-state index in [0.29, 0.717) is 19.6 Å². The van der Waals surface area contributed by atoms with Crippen LogP contribution in [0.5, 0.6) is 0 Å². The summed E-state index contributed by atoms with van der Waals surface area (Å²) in [6.45, 7) is 3.48. The molecule has 1 aromatic rings. The predicted octanol–water partition coefficient (Wildman–Crippen LogP) is 1.08. The predicted molar refractivity (Wildman–Crippen MR) is 66.8 cm³/mol. The van der Waals surface area contributed by atoms with Gasteiger partial charge in [0.05, 0.1) is 12.1 Å². The molecule has 0 radical (unpaired) electrons. The minimum atomic E-state index is -0.576. The molecule has 1 amide bonds. The van der Waals surface area contributed by atoms with Crippen molar-refractivity contribution in [2.45, 2.75) is 18.9 Å². The highest BCUT2D eigenvalue weighted by Crippen LogP contribution is 2.23. The summed E-state index contributed by atoms with van der Waals surface area (Å²) in [5, 5.41) is 12.6. The molecule has 2 N–H and O–H groups in total. The molecule has 17 heavy (non-hydrogen) atoms. The van der Waals surface area contributed by atoms with E-state index in [1.54, 1.807) is 0 Å². The van der Waals surface area contributed by atoms with Crippen LogP contribution in [0.25, 0.3) is 0 Å². The number of carbonyl (C=O) groups is 1. The number of anilines is 1. The molecule has 92 valence electrons. The van der Waals surface area contributed by atoms with Crippen LogP contribution in [0.2, 0.25) is 0 Å². The maximum Gasteiger partial charge on any atom is 0.238 e. The van der Waals surface area contributed by atoms with Crippen molar-refractivity contribution < 1.29 is 9.90 Å². The number of likely N-dealkylation sites (tertiary alicyclic amines) is 1. The third kappa shape index (κ3) is 3.05. The lowest BCUT2D eigenvalue weighted by Gasteiger charge is -2.45. The molecule has 0 saturated carbocycles. The maximum absolute atomic E-state index is 11.7. The van der Waals surface area contributed by atoms with E-state index in [0.717, 1.165) is 12.1 Å². The second-order valence-corrected chi connectivity index (χ2v) is 4.64. The monoisotopic (exact) mass is 234 g/mol. The lowest BCUT2D eigenvalue weighted by molar-refractivity contribution is -0.128. The van der Waals surface area contributed by atoms with Gasteiger partial charge in [-0.25, -0.2) is 0 Å². The second kappa shape index (κ2) is 4.85. The number of nitrogens with one attached hydrogen (secondary N) is 1. The molecule has 1 aliphatic rings. The van der Waals surface area contributed by atoms with Crippen LogP contribution in [0.1, 0.15) is 13.3 Å². The van der Waals surface area contributed by atoms with E-state index in [-0.39, 0.29) is 5.91 Å². The third-order valence-corrected chi connectivity index (χ3v) is 3.12. The second-order valence-electron chi connectivity index (χ2n) is 4.64. The summed E-state index contributed by atoms with van der Waals surface area (Å²) in [5.74, 6) is -0.0330. The number of benzene rings is 1. The highest BCUT2D eigenvalue weighted by Gasteiger charge is 2.39. The molecule has 1 fully saturated rings. The fourth-order valence-electron chi connectivity index (χ4n) is 2.05. The number of aliphatic hydroxyl groups is 1. The molecule has 4 heteroatoms. The Kier molecular flexibility index (Phi) is 3.45. The van der Waals surface area contributed by atoms with Gasteiger partial charge in [0.2, 0.25) is 5.91 Å². The zero-order valence-corrected chi connectivity index (χ0v) is 10.0. The average Bonchev–Trinajstić information content (AvgIpc) is 2.28. The van der Waals surface area contributed by atoms with Gasteiger partial charge in [-0.05, 0) is 18.6 Å². The Hall–Kier alpha value is -1.39. The van der Waals surface area contributed by atoms with E-state index in [1.165, 1.54) is 0 Å². The maximum atomic E-state index is 11.7. The standard InChI is InChI=1S/C13H18N2O2/c1-2-13(17)9-15(10-13)8-12(16)14-11-6-4-3-5-7-11/h3-7,17H,2,8-10H2,1H3,(H,14,16). The number of hydrogen-bond acceptors (Lipinski definition) is 3. The average molecular weight is 234 g/mol. The van der Waals surface area contributed by atoms with Gasteiger partial charge in [-0.2, -0.15) is 0 Å². The molecule has 2 rings (SSSR count). The highest BCUT2D eigenvalue weighted by molar-refractivity contribution is 5.92. The number of rotatable bonds is 4. The van der Waals surface area contributed by atoms with Gasteiger partial charge in [-0.15, -0.1) is 0 Å². The SMILES string of the molecule is CCC1(O)CN(CC(=O)Nc2ccccc2)C1. The number of β-amino-alcohol motifs (C(OH)–C–C–N with tert-alkyl or cyclic N) is 1. The first-order valence-corrected chi connectivity index (χ1v) is 5.91. The van der Waals surface area contributed by atoms with Gasteiger partial charge >= 0.3 is 0 Å². The van der Waals surface area contributed by atoms with Crippen molar-refractivity contribution in [2.75, 3.05) is 25.0 Å². The number of nitrogens with zero attached hydrogens (tertiary/aromatic N) is 1. The zero-order chi connectivity index (χ0) is 12.3. The highest BCUT2D eigenvalue weighted by atomic mass is 16.3. The van der Waals surface area contributed by atoms with Crippen molar-refractivity contribution >= 4 is 11.6 Å². The van der Waals surface area contributed by atoms with Crippen molar-refractivity contribution in [1.29, 1.82) is 0 Å². The summed E-state index contributed by atoms with van der Waals surface area (Å²) < 4.78 is 0. The van der Waals surface area contributed by atoms with Crippen molar-refractivity contribution in [3.8, 4) is 0 Å². The van der Waals surface area contributed by atoms with Gasteiger partial charge in [-0.3, -0.25) is 9.69 Å². The quantitative estimate of drug-likeness (QED) is 0.819. The van der Waals surface area contributed by atoms with Crippen LogP contribution in [0.4, 0.5) is 5.69 Å². The Morgan fingerprint density at radius 1 is 1.41 bits per heavy atom. The first-order chi connectivity index (χ1) is 8.11. The number of para-hydroxylation sites is 1. The summed E-state index contributed by atoms with van der Waals surface area (Å²) >= 11 is 0. The zero-order valence-electron chi connectivity index (χ0n) is 10.0. The Bertz CT molecular complexity index is 386. The van der Waals surface area contributed by atoms with Gasteiger partial charge in [0, 0.05) is 18.8 Å². The fraction of sp³-hybridized carbons (Fsp3) is 0.462. The lowest BCUT2D eigenvalue weighted by Crippen LogP contribution is -2.62. The van der Waals surface area contributed by atoms with Crippen LogP contribution in [-0.2, 0) is 4.79 Å². The summed E-state index contributed by atoms with van der Waals surface area (Å²) in [7, 11) is 0. The van der Waals surface area contributed by atoms with Gasteiger partial charge in [0.15, 0.2) is 0 Å². The normalized spacial score (nSPS) is 18.5. The summed E-state index contributed by atoms with van der Waals surface area (Å²) in [5.41, 5.74) is 0.233. The van der Waals surface area contributed by atoms with Gasteiger partial charge in [-0.1, -0.05) is 25.1 Å². The topological polar surface area (TPSA) is 52.6 Å². The largest absolute Gasteiger partial charge is 0.387 e. The molecule has 0 spiro atoms. The van der Waals surface area contributed by atoms with E-state index >= 15 is 0 Å². The molecule has 0 atom stereocenters. The number of hydrogen-bond donors (Lipinski definition) is 2. The van der Waals surface area contributed by atoms with Crippen LogP contribution in [0.3, 0.4) is 0 Å². The molecule has 4 nitrogen and oxygen atoms in total. The third-order valence-electron chi connectivity index (χ3n) is 3.12. The Morgan fingerprint density at radius 3 is 2.65 bits per heavy atom. The fourth-order valence-corrected chi connectivity index (χ4v) is 2.05. The Morgan fingerprint density at radius 2 is 2.06 bits per heavy atom. The van der Waals surface area contributed by atoms with Crippen molar-refractivity contribution in [3.05, 3.63) is 30.3 Å². The summed E-state index contributed by atoms with van der Waals surface area (Å²) in [6, 6.07) is 9.39. The molecule has 0 aliphatic carbocycles. The van der Waals surface area contributed by atoms with Crippen LogP contribution in [-0.4, -0.2) is 41.1 Å². The molecule has 1 heterocycles. The molecule has 0 aromatic heterocycles. The summed E-state index contributed by atoms with van der Waals surface area (Å²) in [4.78, 5) is 13.6. The molecule has 1 aliphatic heterocycles. The van der Waals surface area contributed by atoms with Crippen LogP contribution >= 0.6 is 0 Å². The van der Waals surface area contributed by atoms with E-state index < -0.39 is 5.60 Å². The minimum absolute atomic E-state index is 0.0330. The molecule has 1 aromatic carbocycles. The van der Waals surface area contributed by atoms with Crippen molar-refractivity contribution in [3.63, 3.8) is 0 Å².